The molecule has 0 aromatic heterocycles. The molecule has 0 atom stereocenters. The average Bonchev–Trinajstić information content (AvgIpc) is 1.97. The monoisotopic (exact) mass is 153 g/mol. The maximum atomic E-state index is 7.13. The second-order valence-electron chi connectivity index (χ2n) is 2.42. The van der Waals surface area contributed by atoms with Crippen LogP contribution < -0.4 is 0 Å². The highest BCUT2D eigenvalue weighted by molar-refractivity contribution is 5.96. The van der Waals surface area contributed by atoms with Crippen molar-refractivity contribution < 1.29 is 0 Å². The Labute approximate surface area is 67.6 Å². The minimum absolute atomic E-state index is 0.483. The van der Waals surface area contributed by atoms with E-state index in [1.54, 1.807) is 6.92 Å². The molecule has 62 valence electrons. The minimum Gasteiger partial charge on any atom is -0.313 e. The van der Waals surface area contributed by atoms with E-state index in [4.69, 9.17) is 10.8 Å². The van der Waals surface area contributed by atoms with Crippen LogP contribution in [-0.2, 0) is 0 Å². The molecular formula is C8H15N3. The van der Waals surface area contributed by atoms with Gasteiger partial charge in [-0.25, -0.2) is 0 Å². The topological polar surface area (TPSA) is 60.1 Å². The first-order valence-electron chi connectivity index (χ1n) is 3.75. The zero-order valence-corrected chi connectivity index (χ0v) is 7.15. The lowest BCUT2D eigenvalue weighted by atomic mass is 10.2. The van der Waals surface area contributed by atoms with E-state index in [-0.39, 0.29) is 0 Å². The van der Waals surface area contributed by atoms with Crippen molar-refractivity contribution in [3.8, 4) is 0 Å². The average molecular weight is 153 g/mol. The van der Waals surface area contributed by atoms with Crippen molar-refractivity contribution in [1.29, 1.82) is 10.8 Å². The standard InChI is InChI=1S/C8H15N3/c1-3-8(4-5-9)11-6-7(2)10/h5,9-10H,3-4,6H2,1-2H3. The van der Waals surface area contributed by atoms with Crippen LogP contribution in [0.2, 0.25) is 0 Å². The summed E-state index contributed by atoms with van der Waals surface area (Å²) < 4.78 is 0. The van der Waals surface area contributed by atoms with E-state index in [1.165, 1.54) is 6.21 Å². The molecule has 0 unspecified atom stereocenters. The van der Waals surface area contributed by atoms with Crippen LogP contribution in [0.15, 0.2) is 4.99 Å². The summed E-state index contributed by atoms with van der Waals surface area (Å²) in [6, 6.07) is 0. The Hall–Kier alpha value is -0.990. The summed E-state index contributed by atoms with van der Waals surface area (Å²) in [6.07, 6.45) is 2.86. The molecule has 3 heteroatoms. The van der Waals surface area contributed by atoms with Gasteiger partial charge in [0.15, 0.2) is 0 Å². The lowest BCUT2D eigenvalue weighted by Crippen LogP contribution is -2.02. The van der Waals surface area contributed by atoms with Gasteiger partial charge in [-0.2, -0.15) is 0 Å². The molecular weight excluding hydrogens is 138 g/mol. The fraction of sp³-hybridized carbons (Fsp3) is 0.625. The van der Waals surface area contributed by atoms with E-state index >= 15 is 0 Å². The van der Waals surface area contributed by atoms with Gasteiger partial charge in [-0.15, -0.1) is 0 Å². The van der Waals surface area contributed by atoms with Crippen LogP contribution in [0.1, 0.15) is 26.7 Å². The van der Waals surface area contributed by atoms with Gasteiger partial charge in [-0.1, -0.05) is 6.92 Å². The van der Waals surface area contributed by atoms with E-state index in [0.717, 1.165) is 12.1 Å². The highest BCUT2D eigenvalue weighted by Crippen LogP contribution is 1.90. The van der Waals surface area contributed by atoms with Gasteiger partial charge >= 0.3 is 0 Å². The van der Waals surface area contributed by atoms with Crippen molar-refractivity contribution in [2.45, 2.75) is 26.7 Å². The third-order valence-electron chi connectivity index (χ3n) is 1.29. The molecule has 11 heavy (non-hydrogen) atoms. The van der Waals surface area contributed by atoms with Gasteiger partial charge in [0.25, 0.3) is 0 Å². The largest absolute Gasteiger partial charge is 0.313 e. The molecule has 0 amide bonds. The van der Waals surface area contributed by atoms with Gasteiger partial charge in [0.2, 0.25) is 0 Å². The Balaban J connectivity index is 3.89. The first-order chi connectivity index (χ1) is 5.20. The summed E-state index contributed by atoms with van der Waals surface area (Å²) >= 11 is 0. The van der Waals surface area contributed by atoms with Crippen LogP contribution in [0.3, 0.4) is 0 Å². The maximum Gasteiger partial charge on any atom is 0.0762 e. The molecule has 0 fully saturated rings. The molecule has 0 aliphatic carbocycles. The molecule has 0 radical (unpaired) electrons. The summed E-state index contributed by atoms with van der Waals surface area (Å²) in [7, 11) is 0. The lowest BCUT2D eigenvalue weighted by Gasteiger charge is -1.97. The molecule has 3 nitrogen and oxygen atoms in total. The molecule has 0 heterocycles. The molecule has 0 saturated heterocycles. The van der Waals surface area contributed by atoms with E-state index in [0.29, 0.717) is 18.7 Å². The molecule has 0 aromatic rings. The SMILES string of the molecule is CCC(CC=N)=NCC(C)=N. The summed E-state index contributed by atoms with van der Waals surface area (Å²) in [5.41, 5.74) is 1.58. The van der Waals surface area contributed by atoms with Gasteiger partial charge in [0.05, 0.1) is 6.54 Å². The van der Waals surface area contributed by atoms with E-state index < -0.39 is 0 Å². The fourth-order valence-corrected chi connectivity index (χ4v) is 0.669. The smallest absolute Gasteiger partial charge is 0.0762 e. The Morgan fingerprint density at radius 2 is 2.18 bits per heavy atom. The fourth-order valence-electron chi connectivity index (χ4n) is 0.669. The second-order valence-corrected chi connectivity index (χ2v) is 2.42. The normalized spacial score (nSPS) is 11.3. The number of nitrogens with one attached hydrogen (secondary N) is 2. The molecule has 0 saturated carbocycles. The van der Waals surface area contributed by atoms with E-state index in [2.05, 4.69) is 4.99 Å². The van der Waals surface area contributed by atoms with E-state index in [1.807, 2.05) is 6.92 Å². The Morgan fingerprint density at radius 1 is 1.55 bits per heavy atom. The highest BCUT2D eigenvalue weighted by Gasteiger charge is 1.92. The van der Waals surface area contributed by atoms with Gasteiger partial charge in [-0.3, -0.25) is 4.99 Å². The van der Waals surface area contributed by atoms with Gasteiger partial charge < -0.3 is 10.8 Å². The summed E-state index contributed by atoms with van der Waals surface area (Å²) in [4.78, 5) is 4.17. The summed E-state index contributed by atoms with van der Waals surface area (Å²) in [6.45, 7) is 4.24. The first kappa shape index (κ1) is 10.0. The van der Waals surface area contributed by atoms with Crippen LogP contribution in [-0.4, -0.2) is 24.2 Å². The van der Waals surface area contributed by atoms with Crippen LogP contribution in [0.4, 0.5) is 0 Å². The van der Waals surface area contributed by atoms with Crippen molar-refractivity contribution in [1.82, 2.24) is 0 Å². The lowest BCUT2D eigenvalue weighted by molar-refractivity contribution is 1.16. The predicted molar refractivity (Wildman–Crippen MR) is 49.4 cm³/mol. The Bertz CT molecular complexity index is 170. The van der Waals surface area contributed by atoms with E-state index in [9.17, 15) is 0 Å². The number of hydrogen-bond acceptors (Lipinski definition) is 3. The van der Waals surface area contributed by atoms with Crippen molar-refractivity contribution >= 4 is 17.6 Å². The third-order valence-corrected chi connectivity index (χ3v) is 1.29. The van der Waals surface area contributed by atoms with Gasteiger partial charge in [0, 0.05) is 24.1 Å². The summed E-state index contributed by atoms with van der Waals surface area (Å²) in [5, 5.41) is 14.0. The van der Waals surface area contributed by atoms with Crippen molar-refractivity contribution in [2.24, 2.45) is 4.99 Å². The zero-order chi connectivity index (χ0) is 8.69. The first-order valence-corrected chi connectivity index (χ1v) is 3.75. The second kappa shape index (κ2) is 5.77. The molecule has 0 aliphatic rings. The van der Waals surface area contributed by atoms with Gasteiger partial charge in [-0.05, 0) is 13.3 Å². The molecule has 0 rings (SSSR count). The van der Waals surface area contributed by atoms with Crippen molar-refractivity contribution in [2.75, 3.05) is 6.54 Å². The predicted octanol–water partition coefficient (Wildman–Crippen LogP) is 1.92. The van der Waals surface area contributed by atoms with Crippen molar-refractivity contribution in [3.05, 3.63) is 0 Å². The molecule has 2 N–H and O–H groups in total. The third kappa shape index (κ3) is 5.45. The zero-order valence-electron chi connectivity index (χ0n) is 7.15. The summed E-state index contributed by atoms with van der Waals surface area (Å²) in [5.74, 6) is 0. The van der Waals surface area contributed by atoms with Crippen LogP contribution in [0.5, 0.6) is 0 Å². The number of aliphatic imine (C=N–C) groups is 1. The molecule has 0 bridgehead atoms. The minimum atomic E-state index is 0.483. The molecule has 0 aliphatic heterocycles. The Morgan fingerprint density at radius 3 is 2.55 bits per heavy atom. The molecule has 0 spiro atoms. The Kier molecular flexibility index (Phi) is 5.25. The number of hydrogen-bond donors (Lipinski definition) is 2. The van der Waals surface area contributed by atoms with Gasteiger partial charge in [0.1, 0.15) is 0 Å². The van der Waals surface area contributed by atoms with Crippen LogP contribution in [0, 0.1) is 10.8 Å². The number of nitrogens with zero attached hydrogens (tertiary/aromatic N) is 1. The van der Waals surface area contributed by atoms with Crippen LogP contribution >= 0.6 is 0 Å². The van der Waals surface area contributed by atoms with Crippen molar-refractivity contribution in [3.63, 3.8) is 0 Å². The number of rotatable bonds is 5. The molecule has 0 aromatic carbocycles. The van der Waals surface area contributed by atoms with Crippen LogP contribution in [0.25, 0.3) is 0 Å². The quantitative estimate of drug-likeness (QED) is 0.567. The maximum absolute atomic E-state index is 7.13. The highest BCUT2D eigenvalue weighted by atomic mass is 14.7.